The van der Waals surface area contributed by atoms with Gasteiger partial charge in [0.05, 0.1) is 5.69 Å². The number of amides is 1. The maximum Gasteiger partial charge on any atom is 0.274 e. The Bertz CT molecular complexity index is 620. The normalized spacial score (nSPS) is 10.3. The zero-order valence-corrected chi connectivity index (χ0v) is 12.8. The van der Waals surface area contributed by atoms with Crippen LogP contribution in [0.4, 0.5) is 5.69 Å². The van der Waals surface area contributed by atoms with E-state index in [9.17, 15) is 4.79 Å². The van der Waals surface area contributed by atoms with Gasteiger partial charge in [-0.15, -0.1) is 0 Å². The van der Waals surface area contributed by atoms with Crippen LogP contribution in [0.5, 0.6) is 0 Å². The fourth-order valence-corrected chi connectivity index (χ4v) is 2.71. The first-order valence-electron chi connectivity index (χ1n) is 5.67. The van der Waals surface area contributed by atoms with Crippen LogP contribution in [-0.2, 0) is 0 Å². The Morgan fingerprint density at radius 2 is 2.05 bits per heavy atom. The van der Waals surface area contributed by atoms with E-state index in [0.29, 0.717) is 10.7 Å². The zero-order chi connectivity index (χ0) is 14.0. The van der Waals surface area contributed by atoms with Crippen molar-refractivity contribution in [1.29, 1.82) is 0 Å². The van der Waals surface area contributed by atoms with Gasteiger partial charge in [0.25, 0.3) is 5.91 Å². The average molecular weight is 340 g/mol. The first-order chi connectivity index (χ1) is 8.97. The third-order valence-electron chi connectivity index (χ3n) is 2.62. The van der Waals surface area contributed by atoms with E-state index in [0.717, 1.165) is 21.3 Å². The highest BCUT2D eigenvalue weighted by Crippen LogP contribution is 2.28. The molecule has 5 heteroatoms. The molecule has 0 saturated carbocycles. The van der Waals surface area contributed by atoms with Gasteiger partial charge >= 0.3 is 0 Å². The third kappa shape index (κ3) is 3.33. The minimum absolute atomic E-state index is 0.282. The Labute approximate surface area is 125 Å². The lowest BCUT2D eigenvalue weighted by atomic mass is 10.1. The lowest BCUT2D eigenvalue weighted by Crippen LogP contribution is -2.14. The molecule has 0 aliphatic carbocycles. The Hall–Kier alpha value is -1.39. The molecule has 0 fully saturated rings. The lowest BCUT2D eigenvalue weighted by molar-refractivity contribution is 0.102. The maximum absolute atomic E-state index is 12.1. The van der Waals surface area contributed by atoms with Gasteiger partial charge < -0.3 is 5.32 Å². The number of nitrogens with zero attached hydrogens (tertiary/aromatic N) is 1. The fourth-order valence-electron chi connectivity index (χ4n) is 1.78. The molecule has 1 heterocycles. The second-order valence-electron chi connectivity index (χ2n) is 4.25. The SMILES string of the molecule is Cc1cc(C)c(NC(=O)c2cc(Cl)ccn2)c(Br)c1. The predicted octanol–water partition coefficient (Wildman–Crippen LogP) is 4.37. The maximum atomic E-state index is 12.1. The van der Waals surface area contributed by atoms with Crippen LogP contribution in [0.15, 0.2) is 34.9 Å². The number of halogens is 2. The highest BCUT2D eigenvalue weighted by Gasteiger charge is 2.12. The molecule has 1 N–H and O–H groups in total. The molecule has 0 atom stereocenters. The molecule has 19 heavy (non-hydrogen) atoms. The van der Waals surface area contributed by atoms with E-state index in [4.69, 9.17) is 11.6 Å². The first-order valence-corrected chi connectivity index (χ1v) is 6.84. The number of rotatable bonds is 2. The number of aromatic nitrogens is 1. The molecule has 0 spiro atoms. The van der Waals surface area contributed by atoms with Crippen LogP contribution in [0.2, 0.25) is 5.02 Å². The summed E-state index contributed by atoms with van der Waals surface area (Å²) >= 11 is 9.30. The molecular weight excluding hydrogens is 328 g/mol. The van der Waals surface area contributed by atoms with Crippen LogP contribution in [0, 0.1) is 13.8 Å². The van der Waals surface area contributed by atoms with Crippen molar-refractivity contribution in [2.75, 3.05) is 5.32 Å². The van der Waals surface area contributed by atoms with E-state index in [2.05, 4.69) is 26.2 Å². The van der Waals surface area contributed by atoms with Crippen LogP contribution in [0.25, 0.3) is 0 Å². The molecule has 98 valence electrons. The molecule has 1 aromatic heterocycles. The molecule has 2 rings (SSSR count). The summed E-state index contributed by atoms with van der Waals surface area (Å²) in [7, 11) is 0. The number of benzene rings is 1. The summed E-state index contributed by atoms with van der Waals surface area (Å²) in [5, 5.41) is 3.33. The van der Waals surface area contributed by atoms with Crippen molar-refractivity contribution in [3.05, 3.63) is 56.8 Å². The molecule has 2 aromatic rings. The summed E-state index contributed by atoms with van der Waals surface area (Å²) in [4.78, 5) is 16.1. The van der Waals surface area contributed by atoms with Gasteiger partial charge in [0.2, 0.25) is 0 Å². The number of hydrogen-bond donors (Lipinski definition) is 1. The summed E-state index contributed by atoms with van der Waals surface area (Å²) in [5.41, 5.74) is 3.15. The van der Waals surface area contributed by atoms with Crippen molar-refractivity contribution in [3.63, 3.8) is 0 Å². The molecule has 1 amide bonds. The minimum Gasteiger partial charge on any atom is -0.319 e. The van der Waals surface area contributed by atoms with Gasteiger partial charge in [0, 0.05) is 15.7 Å². The summed E-state index contributed by atoms with van der Waals surface area (Å²) in [5.74, 6) is -0.282. The van der Waals surface area contributed by atoms with Crippen molar-refractivity contribution in [3.8, 4) is 0 Å². The van der Waals surface area contributed by atoms with E-state index in [1.807, 2.05) is 26.0 Å². The summed E-state index contributed by atoms with van der Waals surface area (Å²) in [6.45, 7) is 3.95. The quantitative estimate of drug-likeness (QED) is 0.883. The van der Waals surface area contributed by atoms with Gasteiger partial charge in [-0.2, -0.15) is 0 Å². The molecule has 0 saturated heterocycles. The molecule has 0 aliphatic rings. The van der Waals surface area contributed by atoms with Crippen LogP contribution < -0.4 is 5.32 Å². The minimum atomic E-state index is -0.282. The smallest absolute Gasteiger partial charge is 0.274 e. The molecule has 0 aliphatic heterocycles. The van der Waals surface area contributed by atoms with E-state index in [1.165, 1.54) is 12.3 Å². The molecule has 0 radical (unpaired) electrons. The van der Waals surface area contributed by atoms with E-state index >= 15 is 0 Å². The topological polar surface area (TPSA) is 42.0 Å². The van der Waals surface area contributed by atoms with Crippen molar-refractivity contribution < 1.29 is 4.79 Å². The van der Waals surface area contributed by atoms with Gasteiger partial charge in [0.1, 0.15) is 5.69 Å². The van der Waals surface area contributed by atoms with Crippen LogP contribution in [0.3, 0.4) is 0 Å². The van der Waals surface area contributed by atoms with Gasteiger partial charge in [-0.3, -0.25) is 9.78 Å². The molecular formula is C14H12BrClN2O. The van der Waals surface area contributed by atoms with Crippen molar-refractivity contribution in [1.82, 2.24) is 4.98 Å². The second-order valence-corrected chi connectivity index (χ2v) is 5.54. The second kappa shape index (κ2) is 5.72. The fraction of sp³-hybridized carbons (Fsp3) is 0.143. The van der Waals surface area contributed by atoms with Crippen molar-refractivity contribution in [2.24, 2.45) is 0 Å². The number of pyridine rings is 1. The highest BCUT2D eigenvalue weighted by molar-refractivity contribution is 9.10. The molecule has 0 unspecified atom stereocenters. The number of anilines is 1. The number of carbonyl (C=O) groups is 1. The average Bonchev–Trinajstić information content (AvgIpc) is 2.33. The number of hydrogen-bond acceptors (Lipinski definition) is 2. The summed E-state index contributed by atoms with van der Waals surface area (Å²) in [6.07, 6.45) is 1.51. The van der Waals surface area contributed by atoms with E-state index in [-0.39, 0.29) is 5.91 Å². The van der Waals surface area contributed by atoms with E-state index < -0.39 is 0 Å². The predicted molar refractivity (Wildman–Crippen MR) is 80.8 cm³/mol. The summed E-state index contributed by atoms with van der Waals surface area (Å²) in [6, 6.07) is 7.12. The third-order valence-corrected chi connectivity index (χ3v) is 3.49. The van der Waals surface area contributed by atoms with Crippen molar-refractivity contribution in [2.45, 2.75) is 13.8 Å². The Morgan fingerprint density at radius 1 is 1.32 bits per heavy atom. The first kappa shape index (κ1) is 14.0. The standard InChI is InChI=1S/C14H12BrClN2O/c1-8-5-9(2)13(11(15)6-8)18-14(19)12-7-10(16)3-4-17-12/h3-7H,1-2H3,(H,18,19). The number of aryl methyl sites for hydroxylation is 2. The van der Waals surface area contributed by atoms with Crippen molar-refractivity contribution >= 4 is 39.1 Å². The van der Waals surface area contributed by atoms with Gasteiger partial charge in [-0.25, -0.2) is 0 Å². The molecule has 3 nitrogen and oxygen atoms in total. The van der Waals surface area contributed by atoms with Gasteiger partial charge in [0.15, 0.2) is 0 Å². The van der Waals surface area contributed by atoms with Crippen LogP contribution in [0.1, 0.15) is 21.6 Å². The van der Waals surface area contributed by atoms with E-state index in [1.54, 1.807) is 6.07 Å². The Kier molecular flexibility index (Phi) is 4.22. The lowest BCUT2D eigenvalue weighted by Gasteiger charge is -2.11. The summed E-state index contributed by atoms with van der Waals surface area (Å²) < 4.78 is 0.848. The monoisotopic (exact) mass is 338 g/mol. The van der Waals surface area contributed by atoms with Gasteiger partial charge in [-0.1, -0.05) is 17.7 Å². The Morgan fingerprint density at radius 3 is 2.68 bits per heavy atom. The molecule has 1 aromatic carbocycles. The highest BCUT2D eigenvalue weighted by atomic mass is 79.9. The zero-order valence-electron chi connectivity index (χ0n) is 10.5. The largest absolute Gasteiger partial charge is 0.319 e. The van der Waals surface area contributed by atoms with Crippen LogP contribution >= 0.6 is 27.5 Å². The van der Waals surface area contributed by atoms with Crippen LogP contribution in [-0.4, -0.2) is 10.9 Å². The number of nitrogens with one attached hydrogen (secondary N) is 1. The number of carbonyl (C=O) groups excluding carboxylic acids is 1. The molecule has 0 bridgehead atoms. The Balaban J connectivity index is 2.29. The van der Waals surface area contributed by atoms with Gasteiger partial charge in [-0.05, 0) is 59.1 Å².